The summed E-state index contributed by atoms with van der Waals surface area (Å²) in [5.74, 6) is 0.919. The van der Waals surface area contributed by atoms with Crippen LogP contribution in [0, 0.1) is 0 Å². The zero-order chi connectivity index (χ0) is 14.4. The lowest BCUT2D eigenvalue weighted by Crippen LogP contribution is -2.33. The minimum absolute atomic E-state index is 0.126. The van der Waals surface area contributed by atoms with Gasteiger partial charge in [0, 0.05) is 6.04 Å². The van der Waals surface area contributed by atoms with Crippen LogP contribution in [0.1, 0.15) is 42.7 Å². The van der Waals surface area contributed by atoms with Crippen LogP contribution < -0.4 is 10.6 Å². The van der Waals surface area contributed by atoms with E-state index in [1.165, 1.54) is 0 Å². The van der Waals surface area contributed by atoms with Crippen molar-refractivity contribution in [2.45, 2.75) is 38.3 Å². The molecule has 1 aromatic heterocycles. The summed E-state index contributed by atoms with van der Waals surface area (Å²) in [6, 6.07) is 0.526. The van der Waals surface area contributed by atoms with Crippen molar-refractivity contribution in [2.75, 3.05) is 25.1 Å². The van der Waals surface area contributed by atoms with E-state index in [-0.39, 0.29) is 11.9 Å². The van der Waals surface area contributed by atoms with Crippen LogP contribution in [0.2, 0.25) is 0 Å². The Balaban J connectivity index is 1.88. The maximum Gasteiger partial charge on any atom is 0.273 e. The molecule has 1 aromatic rings. The molecule has 1 fully saturated rings. The molecule has 1 atom stereocenters. The van der Waals surface area contributed by atoms with Crippen molar-refractivity contribution in [2.24, 2.45) is 0 Å². The molecule has 6 nitrogen and oxygen atoms in total. The number of thioether (sulfide) groups is 1. The van der Waals surface area contributed by atoms with Gasteiger partial charge in [0.25, 0.3) is 5.91 Å². The fourth-order valence-electron chi connectivity index (χ4n) is 2.29. The van der Waals surface area contributed by atoms with E-state index in [4.69, 9.17) is 0 Å². The molecule has 0 bridgehead atoms. The van der Waals surface area contributed by atoms with E-state index in [9.17, 15) is 4.79 Å². The number of aromatic nitrogens is 3. The smallest absolute Gasteiger partial charge is 0.273 e. The number of nitrogens with zero attached hydrogens (tertiary/aromatic N) is 3. The standard InChI is InChI=1S/C13H23N5OS/c1-10(5-8-20-2)15-13(19)12-9-18(17-16-12)11-3-6-14-7-4-11/h9-11,14H,3-8H2,1-2H3,(H,15,19). The lowest BCUT2D eigenvalue weighted by atomic mass is 10.1. The predicted molar refractivity (Wildman–Crippen MR) is 81.1 cm³/mol. The van der Waals surface area contributed by atoms with Gasteiger partial charge >= 0.3 is 0 Å². The van der Waals surface area contributed by atoms with Crippen molar-refractivity contribution >= 4 is 17.7 Å². The average molecular weight is 297 g/mol. The maximum atomic E-state index is 12.1. The number of nitrogens with one attached hydrogen (secondary N) is 2. The van der Waals surface area contributed by atoms with Crippen LogP contribution in [0.15, 0.2) is 6.20 Å². The minimum atomic E-state index is -0.126. The molecule has 1 aliphatic heterocycles. The van der Waals surface area contributed by atoms with E-state index >= 15 is 0 Å². The highest BCUT2D eigenvalue weighted by Crippen LogP contribution is 2.17. The van der Waals surface area contributed by atoms with Gasteiger partial charge in [-0.1, -0.05) is 5.21 Å². The third kappa shape index (κ3) is 4.21. The van der Waals surface area contributed by atoms with Crippen LogP contribution >= 0.6 is 11.8 Å². The summed E-state index contributed by atoms with van der Waals surface area (Å²) in [5, 5.41) is 14.4. The van der Waals surface area contributed by atoms with Gasteiger partial charge in [-0.3, -0.25) is 4.79 Å². The van der Waals surface area contributed by atoms with E-state index in [0.29, 0.717) is 11.7 Å². The molecule has 2 rings (SSSR count). The molecule has 1 amide bonds. The summed E-state index contributed by atoms with van der Waals surface area (Å²) < 4.78 is 1.84. The first-order valence-corrected chi connectivity index (χ1v) is 8.52. The fourth-order valence-corrected chi connectivity index (χ4v) is 2.88. The first-order chi connectivity index (χ1) is 9.70. The van der Waals surface area contributed by atoms with Crippen LogP contribution in [-0.2, 0) is 0 Å². The number of hydrogen-bond acceptors (Lipinski definition) is 5. The highest BCUT2D eigenvalue weighted by Gasteiger charge is 2.19. The van der Waals surface area contributed by atoms with Crippen molar-refractivity contribution in [1.29, 1.82) is 0 Å². The van der Waals surface area contributed by atoms with Gasteiger partial charge in [-0.05, 0) is 51.3 Å². The molecule has 0 radical (unpaired) electrons. The molecule has 0 aromatic carbocycles. The topological polar surface area (TPSA) is 71.8 Å². The van der Waals surface area contributed by atoms with E-state index in [0.717, 1.165) is 38.1 Å². The van der Waals surface area contributed by atoms with Crippen molar-refractivity contribution in [3.8, 4) is 0 Å². The largest absolute Gasteiger partial charge is 0.348 e. The van der Waals surface area contributed by atoms with Gasteiger partial charge < -0.3 is 10.6 Å². The van der Waals surface area contributed by atoms with Crippen LogP contribution in [0.25, 0.3) is 0 Å². The van der Waals surface area contributed by atoms with E-state index in [2.05, 4.69) is 27.2 Å². The van der Waals surface area contributed by atoms with Gasteiger partial charge in [0.1, 0.15) is 0 Å². The molecule has 2 N–H and O–H groups in total. The molecule has 1 unspecified atom stereocenters. The Labute approximate surface area is 124 Å². The number of hydrogen-bond donors (Lipinski definition) is 2. The second kappa shape index (κ2) is 7.64. The number of piperidine rings is 1. The number of carbonyl (C=O) groups is 1. The van der Waals surface area contributed by atoms with Crippen molar-refractivity contribution in [3.63, 3.8) is 0 Å². The van der Waals surface area contributed by atoms with Crippen LogP contribution in [0.4, 0.5) is 0 Å². The second-order valence-corrected chi connectivity index (χ2v) is 6.21. The minimum Gasteiger partial charge on any atom is -0.348 e. The maximum absolute atomic E-state index is 12.1. The summed E-state index contributed by atoms with van der Waals surface area (Å²) >= 11 is 1.79. The SMILES string of the molecule is CSCCC(C)NC(=O)c1cn(C2CCNCC2)nn1. The van der Waals surface area contributed by atoms with E-state index in [1.54, 1.807) is 18.0 Å². The Bertz CT molecular complexity index is 430. The van der Waals surface area contributed by atoms with E-state index in [1.807, 2.05) is 11.6 Å². The Hall–Kier alpha value is -1.08. The number of rotatable bonds is 6. The first kappa shape index (κ1) is 15.3. The van der Waals surface area contributed by atoms with Crippen molar-refractivity contribution in [3.05, 3.63) is 11.9 Å². The van der Waals surface area contributed by atoms with Crippen molar-refractivity contribution < 1.29 is 4.79 Å². The molecule has 2 heterocycles. The summed E-state index contributed by atoms with van der Waals surface area (Å²) in [5.41, 5.74) is 0.416. The Morgan fingerprint density at radius 1 is 1.60 bits per heavy atom. The molecule has 112 valence electrons. The average Bonchev–Trinajstić information content (AvgIpc) is 2.96. The predicted octanol–water partition coefficient (Wildman–Crippen LogP) is 1.07. The lowest BCUT2D eigenvalue weighted by Gasteiger charge is -2.22. The van der Waals surface area contributed by atoms with Crippen LogP contribution in [0.5, 0.6) is 0 Å². The Morgan fingerprint density at radius 3 is 3.05 bits per heavy atom. The van der Waals surface area contributed by atoms with Gasteiger partial charge in [0.2, 0.25) is 0 Å². The highest BCUT2D eigenvalue weighted by atomic mass is 32.2. The molecular weight excluding hydrogens is 274 g/mol. The normalized spacial score (nSPS) is 17.9. The summed E-state index contributed by atoms with van der Waals surface area (Å²) in [7, 11) is 0. The highest BCUT2D eigenvalue weighted by molar-refractivity contribution is 7.98. The molecular formula is C13H23N5OS. The molecule has 0 spiro atoms. The number of amides is 1. The Morgan fingerprint density at radius 2 is 2.35 bits per heavy atom. The molecule has 7 heteroatoms. The number of carbonyl (C=O) groups excluding carboxylic acids is 1. The summed E-state index contributed by atoms with van der Waals surface area (Å²) in [6.45, 7) is 4.01. The Kier molecular flexibility index (Phi) is 5.85. The summed E-state index contributed by atoms with van der Waals surface area (Å²) in [4.78, 5) is 12.1. The summed E-state index contributed by atoms with van der Waals surface area (Å²) in [6.07, 6.45) is 6.88. The molecule has 0 aliphatic carbocycles. The van der Waals surface area contributed by atoms with Crippen LogP contribution in [0.3, 0.4) is 0 Å². The fraction of sp³-hybridized carbons (Fsp3) is 0.769. The van der Waals surface area contributed by atoms with E-state index < -0.39 is 0 Å². The van der Waals surface area contributed by atoms with Crippen LogP contribution in [-0.4, -0.2) is 52.0 Å². The third-order valence-corrected chi connectivity index (χ3v) is 4.20. The van der Waals surface area contributed by atoms with Crippen molar-refractivity contribution in [1.82, 2.24) is 25.6 Å². The molecule has 1 saturated heterocycles. The monoisotopic (exact) mass is 297 g/mol. The molecule has 20 heavy (non-hydrogen) atoms. The third-order valence-electron chi connectivity index (χ3n) is 3.56. The second-order valence-electron chi connectivity index (χ2n) is 5.22. The molecule has 0 saturated carbocycles. The zero-order valence-electron chi connectivity index (χ0n) is 12.1. The van der Waals surface area contributed by atoms with Gasteiger partial charge in [-0.2, -0.15) is 11.8 Å². The zero-order valence-corrected chi connectivity index (χ0v) is 12.9. The quantitative estimate of drug-likeness (QED) is 0.822. The van der Waals surface area contributed by atoms with Gasteiger partial charge in [-0.15, -0.1) is 5.10 Å². The molecule has 1 aliphatic rings. The lowest BCUT2D eigenvalue weighted by molar-refractivity contribution is 0.0934. The van der Waals surface area contributed by atoms with Gasteiger partial charge in [0.05, 0.1) is 12.2 Å². The van der Waals surface area contributed by atoms with Gasteiger partial charge in [-0.25, -0.2) is 4.68 Å². The van der Waals surface area contributed by atoms with Gasteiger partial charge in [0.15, 0.2) is 5.69 Å². The first-order valence-electron chi connectivity index (χ1n) is 7.13.